The topological polar surface area (TPSA) is 66.6 Å². The van der Waals surface area contributed by atoms with Crippen molar-refractivity contribution < 1.29 is 10.0 Å². The zero-order valence-corrected chi connectivity index (χ0v) is 14.3. The van der Waals surface area contributed by atoms with E-state index in [-0.39, 0.29) is 22.9 Å². The lowest BCUT2D eigenvalue weighted by atomic mass is 9.57. The van der Waals surface area contributed by atoms with Gasteiger partial charge in [-0.2, -0.15) is 0 Å². The molecule has 4 rings (SSSR count). The molecule has 5 nitrogen and oxygen atoms in total. The van der Waals surface area contributed by atoms with Crippen LogP contribution in [0.1, 0.15) is 42.0 Å². The van der Waals surface area contributed by atoms with E-state index in [2.05, 4.69) is 36.2 Å². The summed E-state index contributed by atoms with van der Waals surface area (Å²) in [6.07, 6.45) is 4.16. The van der Waals surface area contributed by atoms with Crippen LogP contribution in [-0.4, -0.2) is 28.5 Å². The predicted octanol–water partition coefficient (Wildman–Crippen LogP) is 3.95. The zero-order valence-electron chi connectivity index (χ0n) is 14.3. The number of phenolic OH excluding ortho intramolecular Hbond substituents is 1. The maximum Gasteiger partial charge on any atom is 0.310 e. The molecule has 2 aromatic rings. The molecule has 0 bridgehead atoms. The normalized spacial score (nSPS) is 22.0. The Balaban J connectivity index is 1.86. The fraction of sp³-hybridized carbons (Fsp3) is 0.400. The second-order valence-electron chi connectivity index (χ2n) is 7.31. The molecule has 2 aromatic carbocycles. The maximum atomic E-state index is 11.2. The van der Waals surface area contributed by atoms with Gasteiger partial charge in [0.1, 0.15) is 0 Å². The highest BCUT2D eigenvalue weighted by atomic mass is 16.6. The van der Waals surface area contributed by atoms with E-state index in [9.17, 15) is 15.2 Å². The first-order valence-electron chi connectivity index (χ1n) is 8.79. The summed E-state index contributed by atoms with van der Waals surface area (Å²) < 4.78 is 0. The zero-order chi connectivity index (χ0) is 17.6. The Hall–Kier alpha value is -2.40. The summed E-state index contributed by atoms with van der Waals surface area (Å²) in [5.41, 5.74) is 3.19. The Morgan fingerprint density at radius 3 is 2.56 bits per heavy atom. The monoisotopic (exact) mass is 338 g/mol. The summed E-state index contributed by atoms with van der Waals surface area (Å²) in [5.74, 6) is -0.230. The summed E-state index contributed by atoms with van der Waals surface area (Å²) in [6.45, 7) is 0.869. The molecule has 1 fully saturated rings. The van der Waals surface area contributed by atoms with E-state index in [0.717, 1.165) is 36.9 Å². The van der Waals surface area contributed by atoms with Gasteiger partial charge in [-0.15, -0.1) is 0 Å². The van der Waals surface area contributed by atoms with E-state index in [1.807, 2.05) is 6.07 Å². The van der Waals surface area contributed by atoms with E-state index >= 15 is 0 Å². The lowest BCUT2D eigenvalue weighted by molar-refractivity contribution is -0.386. The number of nitrogens with zero attached hydrogens (tertiary/aromatic N) is 2. The van der Waals surface area contributed by atoms with Gasteiger partial charge in [-0.1, -0.05) is 36.8 Å². The second-order valence-corrected chi connectivity index (χ2v) is 7.31. The van der Waals surface area contributed by atoms with E-state index < -0.39 is 4.92 Å². The van der Waals surface area contributed by atoms with Crippen LogP contribution in [-0.2, 0) is 11.8 Å². The van der Waals surface area contributed by atoms with Gasteiger partial charge in [-0.3, -0.25) is 15.0 Å². The van der Waals surface area contributed by atoms with Gasteiger partial charge in [0.2, 0.25) is 0 Å². The van der Waals surface area contributed by atoms with Crippen molar-refractivity contribution >= 4 is 5.69 Å². The SMILES string of the molecule is CN1CCc2cc([N+](=O)[O-])c(O)cc2C1C1(c2ccccc2)CCC1. The third-order valence-electron chi connectivity index (χ3n) is 6.02. The molecule has 130 valence electrons. The Bertz CT molecular complexity index is 815. The number of hydrogen-bond acceptors (Lipinski definition) is 4. The van der Waals surface area contributed by atoms with Crippen LogP contribution in [0.4, 0.5) is 5.69 Å². The van der Waals surface area contributed by atoms with E-state index in [1.54, 1.807) is 12.1 Å². The van der Waals surface area contributed by atoms with Crippen molar-refractivity contribution in [2.24, 2.45) is 0 Å². The summed E-state index contributed by atoms with van der Waals surface area (Å²) in [5, 5.41) is 21.4. The van der Waals surface area contributed by atoms with Crippen molar-refractivity contribution in [3.05, 3.63) is 69.3 Å². The molecule has 1 heterocycles. The van der Waals surface area contributed by atoms with Crippen molar-refractivity contribution in [1.29, 1.82) is 0 Å². The highest BCUT2D eigenvalue weighted by Crippen LogP contribution is 2.56. The van der Waals surface area contributed by atoms with Crippen LogP contribution in [0.2, 0.25) is 0 Å². The number of likely N-dealkylation sites (N-methyl/N-ethyl adjacent to an activating group) is 1. The predicted molar refractivity (Wildman–Crippen MR) is 95.8 cm³/mol. The first kappa shape index (κ1) is 16.1. The van der Waals surface area contributed by atoms with Gasteiger partial charge >= 0.3 is 5.69 Å². The molecule has 1 atom stereocenters. The molecule has 0 radical (unpaired) electrons. The smallest absolute Gasteiger partial charge is 0.310 e. The number of benzene rings is 2. The minimum absolute atomic E-state index is 0.0216. The summed E-state index contributed by atoms with van der Waals surface area (Å²) in [6, 6.07) is 13.9. The number of aromatic hydroxyl groups is 1. The van der Waals surface area contributed by atoms with Crippen LogP contribution in [0.5, 0.6) is 5.75 Å². The van der Waals surface area contributed by atoms with Gasteiger partial charge in [0.05, 0.1) is 4.92 Å². The number of fused-ring (bicyclic) bond motifs is 1. The third kappa shape index (κ3) is 2.42. The fourth-order valence-corrected chi connectivity index (χ4v) is 4.68. The van der Waals surface area contributed by atoms with Crippen molar-refractivity contribution in [3.63, 3.8) is 0 Å². The minimum Gasteiger partial charge on any atom is -0.502 e. The van der Waals surface area contributed by atoms with Gasteiger partial charge < -0.3 is 5.11 Å². The molecule has 0 saturated heterocycles. The molecule has 1 unspecified atom stereocenters. The fourth-order valence-electron chi connectivity index (χ4n) is 4.68. The van der Waals surface area contributed by atoms with Crippen LogP contribution < -0.4 is 0 Å². The van der Waals surface area contributed by atoms with Crippen LogP contribution in [0.15, 0.2) is 42.5 Å². The van der Waals surface area contributed by atoms with Gasteiger partial charge in [-0.05, 0) is 49.1 Å². The summed E-state index contributed by atoms with van der Waals surface area (Å²) in [7, 11) is 2.12. The standard InChI is InChI=1S/C20H22N2O3/c1-21-11-8-14-12-17(22(24)25)18(23)13-16(14)19(21)20(9-5-10-20)15-6-3-2-4-7-15/h2-4,6-7,12-13,19,23H,5,8-11H2,1H3. The summed E-state index contributed by atoms with van der Waals surface area (Å²) >= 11 is 0. The molecule has 25 heavy (non-hydrogen) atoms. The number of nitro groups is 1. The highest BCUT2D eigenvalue weighted by Gasteiger charge is 2.49. The average Bonchev–Trinajstić information content (AvgIpc) is 2.56. The van der Waals surface area contributed by atoms with E-state index in [4.69, 9.17) is 0 Å². The Morgan fingerprint density at radius 2 is 1.96 bits per heavy atom. The van der Waals surface area contributed by atoms with Crippen molar-refractivity contribution in [2.75, 3.05) is 13.6 Å². The molecule has 0 aromatic heterocycles. The van der Waals surface area contributed by atoms with Crippen LogP contribution in [0.25, 0.3) is 0 Å². The molecule has 1 N–H and O–H groups in total. The molecule has 5 heteroatoms. The summed E-state index contributed by atoms with van der Waals surface area (Å²) in [4.78, 5) is 13.0. The van der Waals surface area contributed by atoms with E-state index in [1.165, 1.54) is 12.0 Å². The van der Waals surface area contributed by atoms with Crippen LogP contribution in [0.3, 0.4) is 0 Å². The average molecular weight is 338 g/mol. The Kier molecular flexibility index (Phi) is 3.76. The first-order valence-corrected chi connectivity index (χ1v) is 8.79. The van der Waals surface area contributed by atoms with Crippen molar-refractivity contribution in [3.8, 4) is 5.75 Å². The molecule has 1 aliphatic carbocycles. The molecule has 2 aliphatic rings. The van der Waals surface area contributed by atoms with Gasteiger partial charge in [-0.25, -0.2) is 0 Å². The lowest BCUT2D eigenvalue weighted by Crippen LogP contribution is -2.49. The molecular formula is C20H22N2O3. The molecular weight excluding hydrogens is 316 g/mol. The Morgan fingerprint density at radius 1 is 1.24 bits per heavy atom. The van der Waals surface area contributed by atoms with Crippen LogP contribution in [0, 0.1) is 10.1 Å². The number of rotatable bonds is 3. The molecule has 0 spiro atoms. The number of phenols is 1. The largest absolute Gasteiger partial charge is 0.502 e. The first-order chi connectivity index (χ1) is 12.0. The lowest BCUT2D eigenvalue weighted by Gasteiger charge is -2.53. The van der Waals surface area contributed by atoms with Gasteiger partial charge in [0.15, 0.2) is 5.75 Å². The Labute approximate surface area is 147 Å². The van der Waals surface area contributed by atoms with Gasteiger partial charge in [0.25, 0.3) is 0 Å². The van der Waals surface area contributed by atoms with Gasteiger partial charge in [0, 0.05) is 24.1 Å². The quantitative estimate of drug-likeness (QED) is 0.680. The molecule has 1 saturated carbocycles. The molecule has 0 amide bonds. The number of nitro benzene ring substituents is 1. The highest BCUT2D eigenvalue weighted by molar-refractivity contribution is 5.54. The van der Waals surface area contributed by atoms with E-state index in [0.29, 0.717) is 0 Å². The minimum atomic E-state index is -0.501. The van der Waals surface area contributed by atoms with Crippen molar-refractivity contribution in [2.45, 2.75) is 37.1 Å². The number of hydrogen-bond donors (Lipinski definition) is 1. The van der Waals surface area contributed by atoms with Crippen molar-refractivity contribution in [1.82, 2.24) is 4.90 Å². The maximum absolute atomic E-state index is 11.2. The third-order valence-corrected chi connectivity index (χ3v) is 6.02. The second kappa shape index (κ2) is 5.85. The van der Waals surface area contributed by atoms with Crippen LogP contribution >= 0.6 is 0 Å². The molecule has 1 aliphatic heterocycles.